The first kappa shape index (κ1) is 20.0. The zero-order valence-electron chi connectivity index (χ0n) is 16.6. The van der Waals surface area contributed by atoms with Crippen molar-refractivity contribution >= 4 is 28.8 Å². The number of benzene rings is 3. The molecule has 0 bridgehead atoms. The van der Waals surface area contributed by atoms with Crippen LogP contribution >= 0.6 is 0 Å². The van der Waals surface area contributed by atoms with Crippen molar-refractivity contribution in [1.82, 2.24) is 0 Å². The highest BCUT2D eigenvalue weighted by Gasteiger charge is 2.47. The number of carbonyl (C=O) groups excluding carboxylic acids is 2. The van der Waals surface area contributed by atoms with Gasteiger partial charge in [-0.05, 0) is 36.8 Å². The zero-order chi connectivity index (χ0) is 22.1. The SMILES string of the molecule is Cc1ccc(N2C(=O)C(=O)/C(=C(/O)c3ccccc3)C2c2ccc([N+](=O)[O-])cc2)cc1. The molecule has 3 aromatic rings. The minimum Gasteiger partial charge on any atom is -0.507 e. The van der Waals surface area contributed by atoms with Gasteiger partial charge in [-0.25, -0.2) is 0 Å². The standard InChI is InChI=1S/C24H18N2O5/c1-15-7-11-18(12-8-15)25-21(16-9-13-19(14-10-16)26(30)31)20(23(28)24(25)29)22(27)17-5-3-2-4-6-17/h2-14,21,27H,1H3/b22-20+. The molecule has 1 aliphatic rings. The van der Waals surface area contributed by atoms with Crippen molar-refractivity contribution < 1.29 is 19.6 Å². The highest BCUT2D eigenvalue weighted by Crippen LogP contribution is 2.42. The topological polar surface area (TPSA) is 101 Å². The van der Waals surface area contributed by atoms with E-state index in [4.69, 9.17) is 0 Å². The number of rotatable bonds is 4. The highest BCUT2D eigenvalue weighted by atomic mass is 16.6. The monoisotopic (exact) mass is 414 g/mol. The van der Waals surface area contributed by atoms with Crippen molar-refractivity contribution in [2.24, 2.45) is 0 Å². The van der Waals surface area contributed by atoms with Crippen molar-refractivity contribution in [1.29, 1.82) is 0 Å². The van der Waals surface area contributed by atoms with E-state index in [1.807, 2.05) is 19.1 Å². The van der Waals surface area contributed by atoms with E-state index in [9.17, 15) is 24.8 Å². The van der Waals surface area contributed by atoms with Crippen molar-refractivity contribution in [2.45, 2.75) is 13.0 Å². The lowest BCUT2D eigenvalue weighted by atomic mass is 9.95. The van der Waals surface area contributed by atoms with Gasteiger partial charge in [-0.1, -0.05) is 48.0 Å². The Morgan fingerprint density at radius 2 is 1.55 bits per heavy atom. The van der Waals surface area contributed by atoms with E-state index in [2.05, 4.69) is 0 Å². The van der Waals surface area contributed by atoms with Gasteiger partial charge < -0.3 is 5.11 Å². The maximum Gasteiger partial charge on any atom is 0.300 e. The van der Waals surface area contributed by atoms with Crippen LogP contribution in [-0.4, -0.2) is 21.7 Å². The van der Waals surface area contributed by atoms with Gasteiger partial charge >= 0.3 is 0 Å². The average molecular weight is 414 g/mol. The van der Waals surface area contributed by atoms with Gasteiger partial charge in [0, 0.05) is 23.4 Å². The summed E-state index contributed by atoms with van der Waals surface area (Å²) in [4.78, 5) is 37.9. The third-order valence-electron chi connectivity index (χ3n) is 5.22. The molecule has 0 saturated carbocycles. The van der Waals surface area contributed by atoms with Crippen LogP contribution in [0.2, 0.25) is 0 Å². The van der Waals surface area contributed by atoms with Gasteiger partial charge in [0.1, 0.15) is 5.76 Å². The molecule has 0 aromatic heterocycles. The van der Waals surface area contributed by atoms with Crippen LogP contribution in [0, 0.1) is 17.0 Å². The van der Waals surface area contributed by atoms with Crippen LogP contribution in [0.15, 0.2) is 84.4 Å². The Morgan fingerprint density at radius 3 is 2.13 bits per heavy atom. The molecule has 0 spiro atoms. The Labute approximate surface area is 178 Å². The Balaban J connectivity index is 1.93. The van der Waals surface area contributed by atoms with Crippen LogP contribution in [0.4, 0.5) is 11.4 Å². The molecule has 1 heterocycles. The fourth-order valence-corrected chi connectivity index (χ4v) is 3.65. The third-order valence-corrected chi connectivity index (χ3v) is 5.22. The van der Waals surface area contributed by atoms with Gasteiger partial charge in [0.15, 0.2) is 0 Å². The summed E-state index contributed by atoms with van der Waals surface area (Å²) in [6, 6.07) is 20.3. The number of amides is 1. The summed E-state index contributed by atoms with van der Waals surface area (Å²) >= 11 is 0. The summed E-state index contributed by atoms with van der Waals surface area (Å²) in [5.41, 5.74) is 2.17. The molecular weight excluding hydrogens is 396 g/mol. The van der Waals surface area contributed by atoms with Crippen LogP contribution in [-0.2, 0) is 9.59 Å². The van der Waals surface area contributed by atoms with E-state index in [-0.39, 0.29) is 17.0 Å². The van der Waals surface area contributed by atoms with Crippen molar-refractivity contribution in [3.8, 4) is 0 Å². The summed E-state index contributed by atoms with van der Waals surface area (Å²) in [6.45, 7) is 1.90. The quantitative estimate of drug-likeness (QED) is 0.222. The Bertz CT molecular complexity index is 1200. The van der Waals surface area contributed by atoms with E-state index >= 15 is 0 Å². The number of nitro groups is 1. The molecule has 7 heteroatoms. The molecule has 0 aliphatic carbocycles. The van der Waals surface area contributed by atoms with Crippen LogP contribution in [0.5, 0.6) is 0 Å². The lowest BCUT2D eigenvalue weighted by Gasteiger charge is -2.25. The number of aliphatic hydroxyl groups is 1. The van der Waals surface area contributed by atoms with E-state index in [1.54, 1.807) is 42.5 Å². The number of hydrogen-bond acceptors (Lipinski definition) is 5. The Hall–Kier alpha value is -4.26. The number of Topliss-reactive ketones (excluding diaryl/α,β-unsaturated/α-hetero) is 1. The summed E-state index contributed by atoms with van der Waals surface area (Å²) in [5, 5.41) is 22.0. The number of ketones is 1. The number of aliphatic hydroxyl groups excluding tert-OH is 1. The lowest BCUT2D eigenvalue weighted by Crippen LogP contribution is -2.29. The van der Waals surface area contributed by atoms with Crippen LogP contribution in [0.25, 0.3) is 5.76 Å². The number of hydrogen-bond donors (Lipinski definition) is 1. The van der Waals surface area contributed by atoms with Gasteiger partial charge in [0.25, 0.3) is 17.4 Å². The Morgan fingerprint density at radius 1 is 0.935 bits per heavy atom. The Kier molecular flexibility index (Phi) is 5.09. The number of nitro benzene ring substituents is 1. The molecule has 1 amide bonds. The largest absolute Gasteiger partial charge is 0.507 e. The van der Waals surface area contributed by atoms with Gasteiger partial charge in [0.05, 0.1) is 16.5 Å². The second-order valence-corrected chi connectivity index (χ2v) is 7.22. The molecule has 1 unspecified atom stereocenters. The first-order valence-corrected chi connectivity index (χ1v) is 9.56. The second kappa shape index (κ2) is 7.87. The molecule has 1 fully saturated rings. The summed E-state index contributed by atoms with van der Waals surface area (Å²) in [6.07, 6.45) is 0. The average Bonchev–Trinajstić information content (AvgIpc) is 3.05. The van der Waals surface area contributed by atoms with Crippen LogP contribution in [0.3, 0.4) is 0 Å². The van der Waals surface area contributed by atoms with Crippen LogP contribution in [0.1, 0.15) is 22.7 Å². The van der Waals surface area contributed by atoms with Gasteiger partial charge in [-0.3, -0.25) is 24.6 Å². The summed E-state index contributed by atoms with van der Waals surface area (Å²) in [5.74, 6) is -1.88. The van der Waals surface area contributed by atoms with E-state index in [1.165, 1.54) is 29.2 Å². The molecule has 1 atom stereocenters. The van der Waals surface area contributed by atoms with Gasteiger partial charge in [0.2, 0.25) is 0 Å². The summed E-state index contributed by atoms with van der Waals surface area (Å²) < 4.78 is 0. The predicted molar refractivity (Wildman–Crippen MR) is 116 cm³/mol. The first-order chi connectivity index (χ1) is 14.9. The number of non-ortho nitro benzene ring substituents is 1. The molecule has 3 aromatic carbocycles. The van der Waals surface area contributed by atoms with E-state index in [0.717, 1.165) is 5.56 Å². The van der Waals surface area contributed by atoms with Crippen molar-refractivity contribution in [2.75, 3.05) is 4.90 Å². The first-order valence-electron chi connectivity index (χ1n) is 9.56. The number of nitrogens with zero attached hydrogens (tertiary/aromatic N) is 2. The van der Waals surface area contributed by atoms with Crippen molar-refractivity contribution in [3.05, 3.63) is 111 Å². The molecule has 7 nitrogen and oxygen atoms in total. The molecule has 31 heavy (non-hydrogen) atoms. The minimum atomic E-state index is -0.927. The lowest BCUT2D eigenvalue weighted by molar-refractivity contribution is -0.384. The molecule has 1 saturated heterocycles. The molecule has 0 radical (unpaired) electrons. The highest BCUT2D eigenvalue weighted by molar-refractivity contribution is 6.51. The van der Waals surface area contributed by atoms with Crippen molar-refractivity contribution in [3.63, 3.8) is 0 Å². The fraction of sp³-hybridized carbons (Fsp3) is 0.0833. The van der Waals surface area contributed by atoms with E-state index in [0.29, 0.717) is 16.8 Å². The number of aryl methyl sites for hydroxylation is 1. The van der Waals surface area contributed by atoms with Crippen LogP contribution < -0.4 is 4.90 Å². The maximum atomic E-state index is 13.0. The molecular formula is C24H18N2O5. The normalized spacial score (nSPS) is 17.7. The molecule has 1 N–H and O–H groups in total. The molecule has 1 aliphatic heterocycles. The number of carbonyl (C=O) groups is 2. The zero-order valence-corrected chi connectivity index (χ0v) is 16.6. The minimum absolute atomic E-state index is 0.0642. The second-order valence-electron chi connectivity index (χ2n) is 7.22. The number of anilines is 1. The fourth-order valence-electron chi connectivity index (χ4n) is 3.65. The smallest absolute Gasteiger partial charge is 0.300 e. The summed E-state index contributed by atoms with van der Waals surface area (Å²) in [7, 11) is 0. The van der Waals surface area contributed by atoms with E-state index < -0.39 is 22.7 Å². The van der Waals surface area contributed by atoms with Gasteiger partial charge in [-0.15, -0.1) is 0 Å². The van der Waals surface area contributed by atoms with Gasteiger partial charge in [-0.2, -0.15) is 0 Å². The molecule has 4 rings (SSSR count). The maximum absolute atomic E-state index is 13.0. The third kappa shape index (κ3) is 3.57. The molecule has 154 valence electrons. The predicted octanol–water partition coefficient (Wildman–Crippen LogP) is 4.53.